The van der Waals surface area contributed by atoms with E-state index >= 15 is 0 Å². The van der Waals surface area contributed by atoms with Gasteiger partial charge < -0.3 is 4.74 Å². The Morgan fingerprint density at radius 3 is 1.90 bits per heavy atom. The van der Waals surface area contributed by atoms with E-state index < -0.39 is 12.1 Å². The summed E-state index contributed by atoms with van der Waals surface area (Å²) in [6.45, 7) is -0.0883. The van der Waals surface area contributed by atoms with E-state index in [2.05, 4.69) is 4.98 Å². The molecule has 4 nitrogen and oxygen atoms in total. The highest BCUT2D eigenvalue weighted by atomic mass is 35.5. The topological polar surface area (TPSA) is 42.4 Å². The quantitative estimate of drug-likeness (QED) is 0.410. The van der Waals surface area contributed by atoms with E-state index in [1.165, 1.54) is 0 Å². The average molecular weight is 468 g/mol. The molecule has 2 aromatic carbocycles. The van der Waals surface area contributed by atoms with Crippen molar-refractivity contribution in [2.75, 3.05) is 11.5 Å². The van der Waals surface area contributed by atoms with Gasteiger partial charge in [-0.2, -0.15) is 0 Å². The van der Waals surface area contributed by atoms with E-state index in [1.807, 2.05) is 24.3 Å². The fourth-order valence-electron chi connectivity index (χ4n) is 3.42. The number of benzene rings is 2. The predicted molar refractivity (Wildman–Crippen MR) is 116 cm³/mol. The van der Waals surface area contributed by atoms with E-state index in [-0.39, 0.29) is 22.8 Å². The molecule has 3 aromatic rings. The summed E-state index contributed by atoms with van der Waals surface area (Å²) in [7, 11) is 0. The number of amides is 1. The number of halogens is 4. The van der Waals surface area contributed by atoms with Gasteiger partial charge in [-0.05, 0) is 47.5 Å². The molecule has 0 saturated carbocycles. The molecule has 29 heavy (non-hydrogen) atoms. The van der Waals surface area contributed by atoms with Crippen LogP contribution in [-0.4, -0.2) is 17.5 Å². The van der Waals surface area contributed by atoms with E-state index in [9.17, 15) is 4.79 Å². The lowest BCUT2D eigenvalue weighted by Gasteiger charge is -2.41. The van der Waals surface area contributed by atoms with Gasteiger partial charge in [0.05, 0.1) is 11.7 Å². The molecular weight excluding hydrogens is 454 g/mol. The average Bonchev–Trinajstić information content (AvgIpc) is 2.68. The Hall–Kier alpha value is -1.82. The highest BCUT2D eigenvalue weighted by Gasteiger charge is 2.40. The van der Waals surface area contributed by atoms with Gasteiger partial charge in [-0.25, -0.2) is 4.98 Å². The van der Waals surface area contributed by atoms with Crippen molar-refractivity contribution < 1.29 is 9.53 Å². The fraction of sp³-hybridized carbons (Fsp3) is 0.143. The van der Waals surface area contributed by atoms with E-state index in [4.69, 9.17) is 51.1 Å². The van der Waals surface area contributed by atoms with E-state index in [0.717, 1.165) is 11.1 Å². The van der Waals surface area contributed by atoms with Crippen LogP contribution in [0.3, 0.4) is 0 Å². The molecule has 8 heteroatoms. The zero-order chi connectivity index (χ0) is 20.5. The van der Waals surface area contributed by atoms with Gasteiger partial charge in [-0.1, -0.05) is 70.7 Å². The van der Waals surface area contributed by atoms with Gasteiger partial charge in [0.15, 0.2) is 0 Å². The van der Waals surface area contributed by atoms with Gasteiger partial charge in [-0.3, -0.25) is 9.69 Å². The van der Waals surface area contributed by atoms with Crippen molar-refractivity contribution in [2.24, 2.45) is 0 Å². The van der Waals surface area contributed by atoms with Crippen molar-refractivity contribution in [3.63, 3.8) is 0 Å². The molecule has 1 amide bonds. The van der Waals surface area contributed by atoms with Gasteiger partial charge in [0.2, 0.25) is 0 Å². The first-order chi connectivity index (χ1) is 13.9. The molecule has 0 radical (unpaired) electrons. The summed E-state index contributed by atoms with van der Waals surface area (Å²) in [5.41, 5.74) is 2.28. The number of anilines is 1. The summed E-state index contributed by atoms with van der Waals surface area (Å²) in [5, 5.41) is 1.61. The van der Waals surface area contributed by atoms with Crippen LogP contribution >= 0.6 is 46.4 Å². The normalized spacial score (nSPS) is 19.4. The van der Waals surface area contributed by atoms with Gasteiger partial charge in [-0.15, -0.1) is 0 Å². The summed E-state index contributed by atoms with van der Waals surface area (Å²) in [6, 6.07) is 17.4. The molecule has 0 unspecified atom stereocenters. The molecule has 2 heterocycles. The minimum absolute atomic E-state index is 0.0883. The Morgan fingerprint density at radius 1 is 0.828 bits per heavy atom. The van der Waals surface area contributed by atoms with Gasteiger partial charge in [0.25, 0.3) is 5.91 Å². The number of carbonyl (C=O) groups is 1. The van der Waals surface area contributed by atoms with Crippen LogP contribution in [0.4, 0.5) is 5.69 Å². The molecule has 148 valence electrons. The van der Waals surface area contributed by atoms with E-state index in [0.29, 0.717) is 15.7 Å². The zero-order valence-corrected chi connectivity index (χ0v) is 17.9. The Bertz CT molecular complexity index is 1020. The highest BCUT2D eigenvalue weighted by molar-refractivity contribution is 6.33. The second-order valence-corrected chi connectivity index (χ2v) is 8.16. The van der Waals surface area contributed by atoms with Crippen molar-refractivity contribution >= 4 is 58.0 Å². The summed E-state index contributed by atoms with van der Waals surface area (Å²) in [6.07, 6.45) is -0.433. The predicted octanol–water partition coefficient (Wildman–Crippen LogP) is 6.54. The summed E-state index contributed by atoms with van der Waals surface area (Å²) < 4.78 is 5.98. The molecule has 1 fully saturated rings. The number of nitrogens with zero attached hydrogens (tertiary/aromatic N) is 2. The first kappa shape index (κ1) is 20.5. The van der Waals surface area contributed by atoms with Gasteiger partial charge in [0, 0.05) is 10.0 Å². The highest BCUT2D eigenvalue weighted by Crippen LogP contribution is 2.43. The van der Waals surface area contributed by atoms with Gasteiger partial charge >= 0.3 is 0 Å². The monoisotopic (exact) mass is 466 g/mol. The Kier molecular flexibility index (Phi) is 6.00. The second-order valence-electron chi connectivity index (χ2n) is 6.51. The van der Waals surface area contributed by atoms with Crippen molar-refractivity contribution in [3.05, 3.63) is 92.1 Å². The summed E-state index contributed by atoms with van der Waals surface area (Å²) in [4.78, 5) is 18.6. The van der Waals surface area contributed by atoms with Crippen LogP contribution in [0.2, 0.25) is 20.4 Å². The minimum atomic E-state index is -0.468. The molecule has 0 aliphatic carbocycles. The zero-order valence-electron chi connectivity index (χ0n) is 14.9. The molecule has 2 atom stereocenters. The largest absolute Gasteiger partial charge is 0.361 e. The van der Waals surface area contributed by atoms with Crippen LogP contribution in [-0.2, 0) is 9.53 Å². The maximum Gasteiger partial charge on any atom is 0.253 e. The molecule has 4 rings (SSSR count). The maximum absolute atomic E-state index is 12.9. The molecular formula is C21H14Cl4N2O2. The number of rotatable bonds is 3. The molecule has 0 N–H and O–H groups in total. The smallest absolute Gasteiger partial charge is 0.253 e. The number of hydrogen-bond acceptors (Lipinski definition) is 3. The molecule has 1 aliphatic rings. The van der Waals surface area contributed by atoms with Crippen molar-refractivity contribution in [1.82, 2.24) is 4.98 Å². The third-order valence-corrected chi connectivity index (χ3v) is 5.55. The molecule has 1 aromatic heterocycles. The third-order valence-electron chi connectivity index (χ3n) is 4.66. The van der Waals surface area contributed by atoms with Crippen LogP contribution < -0.4 is 4.90 Å². The van der Waals surface area contributed by atoms with Crippen LogP contribution in [0.5, 0.6) is 0 Å². The number of ether oxygens (including phenoxy) is 1. The lowest BCUT2D eigenvalue weighted by molar-refractivity contribution is -0.132. The lowest BCUT2D eigenvalue weighted by atomic mass is 9.92. The first-order valence-electron chi connectivity index (χ1n) is 8.70. The number of pyridine rings is 1. The Labute approximate surface area is 187 Å². The molecule has 1 aliphatic heterocycles. The summed E-state index contributed by atoms with van der Waals surface area (Å²) >= 11 is 24.3. The van der Waals surface area contributed by atoms with Crippen molar-refractivity contribution in [3.8, 4) is 0 Å². The SMILES string of the molecule is O=C1CO[C@H](c2ccc(Cl)cc2)[C@H](c2ccc(Cl)cc2)N1c1cc(Cl)nc(Cl)c1. The number of hydrogen-bond donors (Lipinski definition) is 0. The second kappa shape index (κ2) is 8.50. The van der Waals surface area contributed by atoms with Crippen LogP contribution in [0, 0.1) is 0 Å². The standard InChI is InChI=1S/C21H14Cl4N2O2/c22-14-5-1-12(2-6-14)20-21(13-3-7-15(23)8-4-13)29-11-19(28)27(20)16-9-17(24)26-18(25)10-16/h1-10,20-21H,11H2/t20-,21+/m0/s1. The fourth-order valence-corrected chi connectivity index (χ4v) is 4.12. The van der Waals surface area contributed by atoms with Crippen LogP contribution in [0.25, 0.3) is 0 Å². The number of aromatic nitrogens is 1. The van der Waals surface area contributed by atoms with E-state index in [1.54, 1.807) is 41.3 Å². The lowest BCUT2D eigenvalue weighted by Crippen LogP contribution is -2.46. The third kappa shape index (κ3) is 4.37. The minimum Gasteiger partial charge on any atom is -0.361 e. The Balaban J connectivity index is 1.86. The van der Waals surface area contributed by atoms with Crippen molar-refractivity contribution in [1.29, 1.82) is 0 Å². The first-order valence-corrected chi connectivity index (χ1v) is 10.2. The number of carbonyl (C=O) groups excluding carboxylic acids is 1. The van der Waals surface area contributed by atoms with Crippen LogP contribution in [0.1, 0.15) is 23.3 Å². The van der Waals surface area contributed by atoms with Crippen LogP contribution in [0.15, 0.2) is 60.7 Å². The Morgan fingerprint density at radius 2 is 1.34 bits per heavy atom. The number of morpholine rings is 1. The summed E-state index contributed by atoms with van der Waals surface area (Å²) in [5.74, 6) is -0.214. The van der Waals surface area contributed by atoms with Crippen molar-refractivity contribution in [2.45, 2.75) is 12.1 Å². The molecule has 1 saturated heterocycles. The van der Waals surface area contributed by atoms with Gasteiger partial charge in [0.1, 0.15) is 23.0 Å². The molecule has 0 spiro atoms. The molecule has 0 bridgehead atoms. The maximum atomic E-state index is 12.9.